The van der Waals surface area contributed by atoms with Crippen LogP contribution in [0.4, 0.5) is 4.39 Å². The quantitative estimate of drug-likeness (QED) is 0.452. The molecule has 6 heteroatoms. The van der Waals surface area contributed by atoms with Crippen LogP contribution in [-0.2, 0) is 13.0 Å². The monoisotopic (exact) mass is 405 g/mol. The summed E-state index contributed by atoms with van der Waals surface area (Å²) >= 11 is 7.42. The summed E-state index contributed by atoms with van der Waals surface area (Å²) in [7, 11) is 1.65. The van der Waals surface area contributed by atoms with Crippen molar-refractivity contribution in [1.82, 2.24) is 4.37 Å². The summed E-state index contributed by atoms with van der Waals surface area (Å²) in [4.78, 5) is 0.687. The Bertz CT molecular complexity index is 942. The van der Waals surface area contributed by atoms with Crippen LogP contribution < -0.4 is 9.47 Å². The predicted molar refractivity (Wildman–Crippen MR) is 109 cm³/mol. The number of methoxy groups -OCH3 is 1. The van der Waals surface area contributed by atoms with Gasteiger partial charge in [-0.3, -0.25) is 0 Å². The van der Waals surface area contributed by atoms with Gasteiger partial charge in [-0.2, -0.15) is 4.37 Å². The van der Waals surface area contributed by atoms with Crippen molar-refractivity contribution in [2.24, 2.45) is 0 Å². The Morgan fingerprint density at radius 2 is 2.00 bits per heavy atom. The van der Waals surface area contributed by atoms with E-state index in [9.17, 15) is 4.39 Å². The van der Waals surface area contributed by atoms with Gasteiger partial charge in [0, 0.05) is 17.2 Å². The Kier molecular flexibility index (Phi) is 6.34. The van der Waals surface area contributed by atoms with E-state index in [1.807, 2.05) is 31.2 Å². The molecule has 3 aromatic rings. The Morgan fingerprint density at radius 3 is 2.70 bits per heavy atom. The molecule has 0 radical (unpaired) electrons. The van der Waals surface area contributed by atoms with Crippen molar-refractivity contribution >= 4 is 23.1 Å². The van der Waals surface area contributed by atoms with Crippen molar-refractivity contribution in [3.05, 3.63) is 64.1 Å². The number of aromatic nitrogens is 1. The minimum absolute atomic E-state index is 0.203. The first-order chi connectivity index (χ1) is 13.0. The molecule has 0 saturated carbocycles. The molecule has 0 aliphatic heterocycles. The molecule has 0 fully saturated rings. The molecule has 3 nitrogen and oxygen atoms in total. The van der Waals surface area contributed by atoms with Crippen LogP contribution in [0.3, 0.4) is 0 Å². The Morgan fingerprint density at radius 1 is 1.19 bits per heavy atom. The fourth-order valence-corrected chi connectivity index (χ4v) is 4.00. The molecule has 2 aromatic carbocycles. The summed E-state index contributed by atoms with van der Waals surface area (Å²) in [5.74, 6) is 1.18. The van der Waals surface area contributed by atoms with E-state index < -0.39 is 0 Å². The lowest BCUT2D eigenvalue weighted by atomic mass is 10.1. The van der Waals surface area contributed by atoms with Crippen LogP contribution in [0.15, 0.2) is 36.4 Å². The number of benzene rings is 2. The smallest absolute Gasteiger partial charge is 0.150 e. The van der Waals surface area contributed by atoms with Crippen LogP contribution in [-0.4, -0.2) is 11.5 Å². The largest absolute Gasteiger partial charge is 0.496 e. The van der Waals surface area contributed by atoms with Crippen molar-refractivity contribution in [3.8, 4) is 21.9 Å². The summed E-state index contributed by atoms with van der Waals surface area (Å²) in [5, 5.41) is 0.338. The normalized spacial score (nSPS) is 10.9. The number of ether oxygens (including phenoxy) is 2. The Labute approximate surface area is 167 Å². The lowest BCUT2D eigenvalue weighted by molar-refractivity contribution is 0.304. The molecule has 0 N–H and O–H groups in total. The third kappa shape index (κ3) is 4.42. The van der Waals surface area contributed by atoms with Crippen molar-refractivity contribution in [1.29, 1.82) is 0 Å². The Balaban J connectivity index is 1.84. The van der Waals surface area contributed by atoms with E-state index in [0.717, 1.165) is 29.7 Å². The number of hydrogen-bond acceptors (Lipinski definition) is 4. The maximum absolute atomic E-state index is 14.4. The minimum Gasteiger partial charge on any atom is -0.496 e. The van der Waals surface area contributed by atoms with Gasteiger partial charge >= 0.3 is 0 Å². The van der Waals surface area contributed by atoms with E-state index in [2.05, 4.69) is 11.3 Å². The lowest BCUT2D eigenvalue weighted by Crippen LogP contribution is -1.99. The fraction of sp³-hybridized carbons (Fsp3) is 0.286. The van der Waals surface area contributed by atoms with E-state index in [1.165, 1.54) is 17.6 Å². The van der Waals surface area contributed by atoms with Gasteiger partial charge < -0.3 is 9.47 Å². The molecule has 1 heterocycles. The third-order valence-electron chi connectivity index (χ3n) is 4.27. The average molecular weight is 406 g/mol. The molecule has 27 heavy (non-hydrogen) atoms. The molecule has 0 atom stereocenters. The molecule has 142 valence electrons. The van der Waals surface area contributed by atoms with Gasteiger partial charge in [0.05, 0.1) is 12.0 Å². The van der Waals surface area contributed by atoms with Crippen molar-refractivity contribution in [2.75, 3.05) is 7.11 Å². The molecule has 0 aliphatic rings. The van der Waals surface area contributed by atoms with Crippen LogP contribution in [0.2, 0.25) is 5.15 Å². The van der Waals surface area contributed by atoms with Gasteiger partial charge in [0.1, 0.15) is 29.1 Å². The van der Waals surface area contributed by atoms with E-state index >= 15 is 0 Å². The van der Waals surface area contributed by atoms with E-state index in [-0.39, 0.29) is 12.4 Å². The molecular weight excluding hydrogens is 385 g/mol. The van der Waals surface area contributed by atoms with Gasteiger partial charge in [-0.15, -0.1) is 0 Å². The number of halogens is 2. The SMILES string of the molecule is CCCc1ccc(OCc2c(Cl)nsc2-c2ccc(C)cc2F)cc1OC. The molecule has 0 aliphatic carbocycles. The van der Waals surface area contributed by atoms with Gasteiger partial charge in [0.2, 0.25) is 0 Å². The van der Waals surface area contributed by atoms with Crippen LogP contribution in [0, 0.1) is 12.7 Å². The lowest BCUT2D eigenvalue weighted by Gasteiger charge is -2.12. The summed E-state index contributed by atoms with van der Waals surface area (Å²) in [6.45, 7) is 4.18. The highest BCUT2D eigenvalue weighted by molar-refractivity contribution is 7.10. The standard InChI is InChI=1S/C21H21ClFNO2S/c1-4-5-14-7-8-15(11-19(14)25-3)26-12-17-20(27-24-21(17)22)16-9-6-13(2)10-18(16)23/h6-11H,4-5,12H2,1-3H3. The van der Waals surface area contributed by atoms with Gasteiger partial charge in [-0.25, -0.2) is 4.39 Å². The highest BCUT2D eigenvalue weighted by atomic mass is 35.5. The maximum Gasteiger partial charge on any atom is 0.150 e. The molecule has 0 amide bonds. The van der Waals surface area contributed by atoms with Gasteiger partial charge in [-0.1, -0.05) is 43.1 Å². The first-order valence-electron chi connectivity index (χ1n) is 8.73. The molecular formula is C21H21ClFNO2S. The van der Waals surface area contributed by atoms with Crippen LogP contribution in [0.5, 0.6) is 11.5 Å². The van der Waals surface area contributed by atoms with Gasteiger partial charge in [-0.05, 0) is 48.1 Å². The third-order valence-corrected chi connectivity index (χ3v) is 5.61. The van der Waals surface area contributed by atoms with Crippen LogP contribution >= 0.6 is 23.1 Å². The number of nitrogens with zero attached hydrogens (tertiary/aromatic N) is 1. The second-order valence-electron chi connectivity index (χ2n) is 6.28. The minimum atomic E-state index is -0.290. The van der Waals surface area contributed by atoms with Crippen molar-refractivity contribution in [2.45, 2.75) is 33.3 Å². The molecule has 0 saturated heterocycles. The number of rotatable bonds is 7. The number of aryl methyl sites for hydroxylation is 2. The first kappa shape index (κ1) is 19.6. The van der Waals surface area contributed by atoms with E-state index in [0.29, 0.717) is 26.9 Å². The van der Waals surface area contributed by atoms with Gasteiger partial charge in [0.25, 0.3) is 0 Å². The van der Waals surface area contributed by atoms with Crippen LogP contribution in [0.1, 0.15) is 30.0 Å². The summed E-state index contributed by atoms with van der Waals surface area (Å²) in [6.07, 6.45) is 1.98. The summed E-state index contributed by atoms with van der Waals surface area (Å²) < 4.78 is 29.9. The molecule has 0 bridgehead atoms. The zero-order chi connectivity index (χ0) is 19.4. The maximum atomic E-state index is 14.4. The molecule has 0 unspecified atom stereocenters. The van der Waals surface area contributed by atoms with E-state index in [1.54, 1.807) is 13.2 Å². The highest BCUT2D eigenvalue weighted by Gasteiger charge is 2.18. The number of hydrogen-bond donors (Lipinski definition) is 0. The molecule has 0 spiro atoms. The second kappa shape index (κ2) is 8.72. The second-order valence-corrected chi connectivity index (χ2v) is 7.41. The van der Waals surface area contributed by atoms with Crippen LogP contribution in [0.25, 0.3) is 10.4 Å². The Hall–Kier alpha value is -2.11. The van der Waals surface area contributed by atoms with E-state index in [4.69, 9.17) is 21.1 Å². The first-order valence-corrected chi connectivity index (χ1v) is 9.89. The molecule has 3 rings (SSSR count). The predicted octanol–water partition coefficient (Wildman–Crippen LogP) is 6.45. The highest BCUT2D eigenvalue weighted by Crippen LogP contribution is 2.36. The average Bonchev–Trinajstić information content (AvgIpc) is 3.01. The van der Waals surface area contributed by atoms with Gasteiger partial charge in [0.15, 0.2) is 0 Å². The summed E-state index contributed by atoms with van der Waals surface area (Å²) in [5.41, 5.74) is 3.18. The zero-order valence-electron chi connectivity index (χ0n) is 15.5. The van der Waals surface area contributed by atoms with Crippen molar-refractivity contribution in [3.63, 3.8) is 0 Å². The topological polar surface area (TPSA) is 31.4 Å². The summed E-state index contributed by atoms with van der Waals surface area (Å²) in [6, 6.07) is 10.9. The zero-order valence-corrected chi connectivity index (χ0v) is 17.1. The molecule has 1 aromatic heterocycles. The fourth-order valence-electron chi connectivity index (χ4n) is 2.88. The van der Waals surface area contributed by atoms with Crippen molar-refractivity contribution < 1.29 is 13.9 Å².